The number of hydrogen-bond donors (Lipinski definition) is 1. The van der Waals surface area contributed by atoms with Gasteiger partial charge in [-0.15, -0.1) is 0 Å². The maximum atomic E-state index is 12.3. The highest BCUT2D eigenvalue weighted by molar-refractivity contribution is 5.80. The standard InChI is InChI=1S/C15H28N4O2/c1-3-18(4-2)14(20)12-17-7-9-19(10-8-17)15(21)13-5-6-16-11-13/h13,16H,3-12H2,1-2H3. The summed E-state index contributed by atoms with van der Waals surface area (Å²) in [6, 6.07) is 0. The Kier molecular flexibility index (Phi) is 5.99. The van der Waals surface area contributed by atoms with Crippen molar-refractivity contribution in [2.75, 3.05) is 58.9 Å². The fourth-order valence-corrected chi connectivity index (χ4v) is 3.12. The Hall–Kier alpha value is -1.14. The van der Waals surface area contributed by atoms with Gasteiger partial charge < -0.3 is 15.1 Å². The third-order valence-electron chi connectivity index (χ3n) is 4.57. The summed E-state index contributed by atoms with van der Waals surface area (Å²) < 4.78 is 0. The Bertz CT molecular complexity index is 357. The van der Waals surface area contributed by atoms with Crippen molar-refractivity contribution >= 4 is 11.8 Å². The number of hydrogen-bond acceptors (Lipinski definition) is 4. The Balaban J connectivity index is 1.75. The van der Waals surface area contributed by atoms with Crippen LogP contribution in [-0.2, 0) is 9.59 Å². The van der Waals surface area contributed by atoms with Crippen LogP contribution in [0.1, 0.15) is 20.3 Å². The quantitative estimate of drug-likeness (QED) is 0.751. The molecule has 6 nitrogen and oxygen atoms in total. The maximum Gasteiger partial charge on any atom is 0.236 e. The van der Waals surface area contributed by atoms with E-state index in [1.165, 1.54) is 0 Å². The van der Waals surface area contributed by atoms with Gasteiger partial charge in [0.1, 0.15) is 0 Å². The fraction of sp³-hybridized carbons (Fsp3) is 0.867. The van der Waals surface area contributed by atoms with E-state index < -0.39 is 0 Å². The highest BCUT2D eigenvalue weighted by Crippen LogP contribution is 2.13. The minimum atomic E-state index is 0.161. The first kappa shape index (κ1) is 16.2. The van der Waals surface area contributed by atoms with Crippen molar-refractivity contribution in [1.82, 2.24) is 20.0 Å². The van der Waals surface area contributed by atoms with E-state index in [2.05, 4.69) is 10.2 Å². The molecule has 2 aliphatic heterocycles. The number of rotatable bonds is 5. The molecule has 2 amide bonds. The lowest BCUT2D eigenvalue weighted by Crippen LogP contribution is -2.52. The SMILES string of the molecule is CCN(CC)C(=O)CN1CCN(C(=O)C2CCNC2)CC1. The largest absolute Gasteiger partial charge is 0.342 e. The van der Waals surface area contributed by atoms with Crippen molar-refractivity contribution in [1.29, 1.82) is 0 Å². The molecule has 0 aliphatic carbocycles. The van der Waals surface area contributed by atoms with Crippen LogP contribution in [0.15, 0.2) is 0 Å². The van der Waals surface area contributed by atoms with Gasteiger partial charge in [0.2, 0.25) is 11.8 Å². The summed E-state index contributed by atoms with van der Waals surface area (Å²) in [5.41, 5.74) is 0. The molecule has 6 heteroatoms. The molecule has 0 aromatic rings. The minimum Gasteiger partial charge on any atom is -0.342 e. The summed E-state index contributed by atoms with van der Waals surface area (Å²) in [5, 5.41) is 3.24. The van der Waals surface area contributed by atoms with Gasteiger partial charge in [-0.05, 0) is 26.8 Å². The van der Waals surface area contributed by atoms with E-state index in [0.717, 1.165) is 58.8 Å². The molecule has 1 N–H and O–H groups in total. The topological polar surface area (TPSA) is 55.9 Å². The Morgan fingerprint density at radius 3 is 2.33 bits per heavy atom. The number of piperazine rings is 1. The molecule has 2 aliphatic rings. The van der Waals surface area contributed by atoms with Crippen molar-refractivity contribution in [3.63, 3.8) is 0 Å². The van der Waals surface area contributed by atoms with Gasteiger partial charge in [0.15, 0.2) is 0 Å². The normalized spacial score (nSPS) is 23.3. The van der Waals surface area contributed by atoms with Crippen LogP contribution in [0.4, 0.5) is 0 Å². The van der Waals surface area contributed by atoms with Crippen LogP contribution in [0, 0.1) is 5.92 Å². The number of nitrogens with zero attached hydrogens (tertiary/aromatic N) is 3. The predicted octanol–water partition coefficient (Wildman–Crippen LogP) is -0.391. The molecule has 1 atom stereocenters. The smallest absolute Gasteiger partial charge is 0.236 e. The molecule has 0 bridgehead atoms. The fourth-order valence-electron chi connectivity index (χ4n) is 3.12. The van der Waals surface area contributed by atoms with Crippen LogP contribution in [0.3, 0.4) is 0 Å². The summed E-state index contributed by atoms with van der Waals surface area (Å²) in [4.78, 5) is 30.4. The molecule has 2 rings (SSSR count). The van der Waals surface area contributed by atoms with Gasteiger partial charge in [-0.3, -0.25) is 14.5 Å². The lowest BCUT2D eigenvalue weighted by atomic mass is 10.1. The van der Waals surface area contributed by atoms with Crippen LogP contribution in [0.25, 0.3) is 0 Å². The Morgan fingerprint density at radius 1 is 1.14 bits per heavy atom. The van der Waals surface area contributed by atoms with Crippen LogP contribution in [0.5, 0.6) is 0 Å². The van der Waals surface area contributed by atoms with Crippen molar-refractivity contribution in [2.24, 2.45) is 5.92 Å². The molecule has 120 valence electrons. The molecule has 0 aromatic carbocycles. The monoisotopic (exact) mass is 296 g/mol. The molecule has 1 unspecified atom stereocenters. The molecule has 0 aromatic heterocycles. The van der Waals surface area contributed by atoms with Gasteiger partial charge in [0, 0.05) is 45.8 Å². The lowest BCUT2D eigenvalue weighted by Gasteiger charge is -2.36. The van der Waals surface area contributed by atoms with Crippen molar-refractivity contribution < 1.29 is 9.59 Å². The second-order valence-corrected chi connectivity index (χ2v) is 5.86. The van der Waals surface area contributed by atoms with E-state index in [9.17, 15) is 9.59 Å². The molecule has 2 fully saturated rings. The molecule has 2 saturated heterocycles. The van der Waals surface area contributed by atoms with Gasteiger partial charge in [-0.2, -0.15) is 0 Å². The van der Waals surface area contributed by atoms with Crippen LogP contribution in [0.2, 0.25) is 0 Å². The van der Waals surface area contributed by atoms with E-state index in [1.54, 1.807) is 0 Å². The Morgan fingerprint density at radius 2 is 1.81 bits per heavy atom. The van der Waals surface area contributed by atoms with Gasteiger partial charge in [-0.25, -0.2) is 0 Å². The van der Waals surface area contributed by atoms with Crippen LogP contribution < -0.4 is 5.32 Å². The van der Waals surface area contributed by atoms with Crippen molar-refractivity contribution in [3.8, 4) is 0 Å². The first-order chi connectivity index (χ1) is 10.2. The predicted molar refractivity (Wildman–Crippen MR) is 81.9 cm³/mol. The number of carbonyl (C=O) groups excluding carboxylic acids is 2. The zero-order valence-corrected chi connectivity index (χ0v) is 13.3. The van der Waals surface area contributed by atoms with Gasteiger partial charge >= 0.3 is 0 Å². The summed E-state index contributed by atoms with van der Waals surface area (Å²) in [7, 11) is 0. The minimum absolute atomic E-state index is 0.161. The second-order valence-electron chi connectivity index (χ2n) is 5.86. The van der Waals surface area contributed by atoms with E-state index in [-0.39, 0.29) is 17.7 Å². The van der Waals surface area contributed by atoms with E-state index in [0.29, 0.717) is 6.54 Å². The van der Waals surface area contributed by atoms with Gasteiger partial charge in [0.25, 0.3) is 0 Å². The number of nitrogens with one attached hydrogen (secondary N) is 1. The summed E-state index contributed by atoms with van der Waals surface area (Å²) in [5.74, 6) is 0.642. The highest BCUT2D eigenvalue weighted by Gasteiger charge is 2.29. The average molecular weight is 296 g/mol. The van der Waals surface area contributed by atoms with Crippen molar-refractivity contribution in [2.45, 2.75) is 20.3 Å². The molecule has 0 saturated carbocycles. The Labute approximate surface area is 127 Å². The van der Waals surface area contributed by atoms with Crippen LogP contribution >= 0.6 is 0 Å². The third-order valence-corrected chi connectivity index (χ3v) is 4.57. The lowest BCUT2D eigenvalue weighted by molar-refractivity contribution is -0.137. The average Bonchev–Trinajstić information content (AvgIpc) is 3.03. The third kappa shape index (κ3) is 4.17. The van der Waals surface area contributed by atoms with E-state index >= 15 is 0 Å². The number of carbonyl (C=O) groups is 2. The van der Waals surface area contributed by atoms with Crippen LogP contribution in [-0.4, -0.2) is 85.4 Å². The molecule has 21 heavy (non-hydrogen) atoms. The summed E-state index contributed by atoms with van der Waals surface area (Å²) >= 11 is 0. The summed E-state index contributed by atoms with van der Waals surface area (Å²) in [6.07, 6.45) is 0.958. The first-order valence-corrected chi connectivity index (χ1v) is 8.15. The second kappa shape index (κ2) is 7.75. The molecular weight excluding hydrogens is 268 g/mol. The number of likely N-dealkylation sites (N-methyl/N-ethyl adjacent to an activating group) is 1. The highest BCUT2D eigenvalue weighted by atomic mass is 16.2. The number of amides is 2. The van der Waals surface area contributed by atoms with E-state index in [4.69, 9.17) is 0 Å². The first-order valence-electron chi connectivity index (χ1n) is 8.15. The maximum absolute atomic E-state index is 12.3. The molecule has 0 radical (unpaired) electrons. The zero-order chi connectivity index (χ0) is 15.2. The molecular formula is C15H28N4O2. The van der Waals surface area contributed by atoms with Gasteiger partial charge in [0.05, 0.1) is 12.5 Å². The zero-order valence-electron chi connectivity index (χ0n) is 13.3. The summed E-state index contributed by atoms with van der Waals surface area (Å²) in [6.45, 7) is 10.9. The van der Waals surface area contributed by atoms with Gasteiger partial charge in [-0.1, -0.05) is 0 Å². The molecule has 0 spiro atoms. The van der Waals surface area contributed by atoms with E-state index in [1.807, 2.05) is 23.6 Å². The van der Waals surface area contributed by atoms with Crippen molar-refractivity contribution in [3.05, 3.63) is 0 Å². The molecule has 2 heterocycles.